The lowest BCUT2D eigenvalue weighted by Crippen LogP contribution is -2.49. The van der Waals surface area contributed by atoms with Crippen LogP contribution in [0.4, 0.5) is 16.3 Å². The van der Waals surface area contributed by atoms with Crippen LogP contribution in [0, 0.1) is 6.92 Å². The van der Waals surface area contributed by atoms with Gasteiger partial charge >= 0.3 is 6.03 Å². The number of carbonyl (C=O) groups excluding carboxylic acids is 1. The predicted molar refractivity (Wildman–Crippen MR) is 130 cm³/mol. The van der Waals surface area contributed by atoms with Crippen LogP contribution >= 0.6 is 0 Å². The van der Waals surface area contributed by atoms with Crippen molar-refractivity contribution in [3.63, 3.8) is 0 Å². The predicted octanol–water partition coefficient (Wildman–Crippen LogP) is 2.87. The summed E-state index contributed by atoms with van der Waals surface area (Å²) in [6.45, 7) is 11.2. The van der Waals surface area contributed by atoms with E-state index >= 15 is 0 Å². The second kappa shape index (κ2) is 10.7. The van der Waals surface area contributed by atoms with E-state index in [0.717, 1.165) is 64.5 Å². The Morgan fingerprint density at radius 1 is 1.09 bits per heavy atom. The van der Waals surface area contributed by atoms with E-state index in [2.05, 4.69) is 68.4 Å². The molecule has 1 aromatic heterocycles. The maximum absolute atomic E-state index is 12.5. The molecule has 0 saturated carbocycles. The molecule has 7 nitrogen and oxygen atoms in total. The molecule has 2 aliphatic rings. The van der Waals surface area contributed by atoms with Gasteiger partial charge in [-0.1, -0.05) is 18.2 Å². The fourth-order valence-electron chi connectivity index (χ4n) is 4.58. The zero-order valence-corrected chi connectivity index (χ0v) is 19.3. The molecule has 2 unspecified atom stereocenters. The highest BCUT2D eigenvalue weighted by Crippen LogP contribution is 2.18. The maximum Gasteiger partial charge on any atom is 0.315 e. The molecule has 2 fully saturated rings. The fraction of sp³-hybridized carbons (Fsp3) is 0.520. The van der Waals surface area contributed by atoms with Crippen molar-refractivity contribution in [1.82, 2.24) is 20.5 Å². The second-order valence-corrected chi connectivity index (χ2v) is 9.09. The van der Waals surface area contributed by atoms with Crippen LogP contribution in [0.2, 0.25) is 0 Å². The number of hydrogen-bond donors (Lipinski definition) is 2. The highest BCUT2D eigenvalue weighted by Gasteiger charge is 2.25. The molecule has 2 N–H and O–H groups in total. The Labute approximate surface area is 191 Å². The number of hydrogen-bond acceptors (Lipinski definition) is 5. The van der Waals surface area contributed by atoms with Crippen molar-refractivity contribution >= 4 is 17.5 Å². The van der Waals surface area contributed by atoms with Gasteiger partial charge in [-0.3, -0.25) is 4.90 Å². The van der Waals surface area contributed by atoms with Crippen molar-refractivity contribution in [1.29, 1.82) is 0 Å². The highest BCUT2D eigenvalue weighted by atomic mass is 16.2. The summed E-state index contributed by atoms with van der Waals surface area (Å²) in [5, 5.41) is 6.26. The third kappa shape index (κ3) is 6.13. The van der Waals surface area contributed by atoms with Crippen LogP contribution in [0.25, 0.3) is 0 Å². The Morgan fingerprint density at radius 2 is 1.94 bits per heavy atom. The van der Waals surface area contributed by atoms with Crippen molar-refractivity contribution in [2.75, 3.05) is 55.6 Å². The van der Waals surface area contributed by atoms with E-state index < -0.39 is 0 Å². The SMILES string of the molecule is Cc1cccc(N2CCN(CCC(C)NC(=O)NC3CCN(c4ccccn4)C3)CC2)c1. The second-order valence-electron chi connectivity index (χ2n) is 9.09. The molecule has 172 valence electrons. The number of nitrogens with zero attached hydrogens (tertiary/aromatic N) is 4. The molecule has 3 heterocycles. The van der Waals surface area contributed by atoms with Crippen molar-refractivity contribution in [2.45, 2.75) is 38.8 Å². The van der Waals surface area contributed by atoms with E-state index in [9.17, 15) is 4.79 Å². The summed E-state index contributed by atoms with van der Waals surface area (Å²) in [5.74, 6) is 0.980. The molecule has 0 spiro atoms. The molecule has 0 bridgehead atoms. The number of aromatic nitrogens is 1. The molecule has 2 aromatic rings. The van der Waals surface area contributed by atoms with E-state index in [-0.39, 0.29) is 18.1 Å². The summed E-state index contributed by atoms with van der Waals surface area (Å²) in [6.07, 6.45) is 3.72. The van der Waals surface area contributed by atoms with Gasteiger partial charge in [0.05, 0.1) is 0 Å². The first kappa shape index (κ1) is 22.4. The largest absolute Gasteiger partial charge is 0.369 e. The number of anilines is 2. The summed E-state index contributed by atoms with van der Waals surface area (Å²) in [4.78, 5) is 24.1. The summed E-state index contributed by atoms with van der Waals surface area (Å²) in [7, 11) is 0. The first-order valence-electron chi connectivity index (χ1n) is 11.8. The average Bonchev–Trinajstić information content (AvgIpc) is 3.27. The van der Waals surface area contributed by atoms with E-state index in [1.54, 1.807) is 0 Å². The van der Waals surface area contributed by atoms with Gasteiger partial charge in [-0.05, 0) is 56.5 Å². The summed E-state index contributed by atoms with van der Waals surface area (Å²) < 4.78 is 0. The van der Waals surface area contributed by atoms with Crippen LogP contribution in [-0.4, -0.2) is 73.8 Å². The van der Waals surface area contributed by atoms with Crippen LogP contribution in [-0.2, 0) is 0 Å². The molecule has 2 saturated heterocycles. The van der Waals surface area contributed by atoms with Gasteiger partial charge < -0.3 is 20.4 Å². The molecular weight excluding hydrogens is 400 g/mol. The molecule has 2 amide bonds. The number of rotatable bonds is 7. The minimum Gasteiger partial charge on any atom is -0.369 e. The number of nitrogens with one attached hydrogen (secondary N) is 2. The summed E-state index contributed by atoms with van der Waals surface area (Å²) in [6, 6.07) is 14.9. The van der Waals surface area contributed by atoms with Crippen molar-refractivity contribution in [3.05, 3.63) is 54.2 Å². The molecular formula is C25H36N6O. The number of benzene rings is 1. The first-order valence-corrected chi connectivity index (χ1v) is 11.8. The third-order valence-electron chi connectivity index (χ3n) is 6.49. The Bertz CT molecular complexity index is 868. The molecule has 4 rings (SSSR count). The number of aryl methyl sites for hydroxylation is 1. The monoisotopic (exact) mass is 436 g/mol. The van der Waals surface area contributed by atoms with Crippen LogP contribution in [0.3, 0.4) is 0 Å². The van der Waals surface area contributed by atoms with E-state index in [1.165, 1.54) is 11.3 Å². The van der Waals surface area contributed by atoms with Gasteiger partial charge in [0.1, 0.15) is 5.82 Å². The highest BCUT2D eigenvalue weighted by molar-refractivity contribution is 5.74. The lowest BCUT2D eigenvalue weighted by atomic mass is 10.1. The van der Waals surface area contributed by atoms with E-state index in [1.807, 2.05) is 24.4 Å². The smallest absolute Gasteiger partial charge is 0.315 e. The zero-order valence-electron chi connectivity index (χ0n) is 19.3. The van der Waals surface area contributed by atoms with Crippen molar-refractivity contribution < 1.29 is 4.79 Å². The van der Waals surface area contributed by atoms with E-state index in [0.29, 0.717) is 0 Å². The third-order valence-corrected chi connectivity index (χ3v) is 6.49. The number of piperazine rings is 1. The molecule has 2 atom stereocenters. The normalized spacial score (nSPS) is 20.2. The first-order chi connectivity index (χ1) is 15.6. The van der Waals surface area contributed by atoms with Gasteiger partial charge in [-0.2, -0.15) is 0 Å². The Kier molecular flexibility index (Phi) is 7.47. The van der Waals surface area contributed by atoms with Crippen LogP contribution in [0.15, 0.2) is 48.7 Å². The molecule has 1 aromatic carbocycles. The Balaban J connectivity index is 1.13. The minimum atomic E-state index is -0.0605. The van der Waals surface area contributed by atoms with Gasteiger partial charge in [-0.25, -0.2) is 9.78 Å². The topological polar surface area (TPSA) is 63.7 Å². The maximum atomic E-state index is 12.5. The molecule has 0 aliphatic carbocycles. The Hall–Kier alpha value is -2.80. The average molecular weight is 437 g/mol. The number of carbonyl (C=O) groups is 1. The standard InChI is InChI=1S/C25H36N6O/c1-20-6-5-7-23(18-20)30-16-14-29(15-17-30)12-9-21(2)27-25(32)28-22-10-13-31(19-22)24-8-3-4-11-26-24/h3-8,11,18,21-22H,9-10,12-17,19H2,1-2H3,(H2,27,28,32). The number of amides is 2. The van der Waals surface area contributed by atoms with Gasteiger partial charge in [0, 0.05) is 69.8 Å². The van der Waals surface area contributed by atoms with Crippen LogP contribution in [0.5, 0.6) is 0 Å². The molecule has 0 radical (unpaired) electrons. The summed E-state index contributed by atoms with van der Waals surface area (Å²) in [5.41, 5.74) is 2.63. The van der Waals surface area contributed by atoms with Crippen LogP contribution in [0.1, 0.15) is 25.3 Å². The van der Waals surface area contributed by atoms with Crippen LogP contribution < -0.4 is 20.4 Å². The molecule has 7 heteroatoms. The van der Waals surface area contributed by atoms with Crippen molar-refractivity contribution in [2.24, 2.45) is 0 Å². The molecule has 2 aliphatic heterocycles. The fourth-order valence-corrected chi connectivity index (χ4v) is 4.58. The Morgan fingerprint density at radius 3 is 2.69 bits per heavy atom. The molecule has 32 heavy (non-hydrogen) atoms. The quantitative estimate of drug-likeness (QED) is 0.699. The zero-order chi connectivity index (χ0) is 22.3. The minimum absolute atomic E-state index is 0.0605. The lowest BCUT2D eigenvalue weighted by Gasteiger charge is -2.36. The van der Waals surface area contributed by atoms with Gasteiger partial charge in [-0.15, -0.1) is 0 Å². The van der Waals surface area contributed by atoms with Gasteiger partial charge in [0.15, 0.2) is 0 Å². The summed E-state index contributed by atoms with van der Waals surface area (Å²) >= 11 is 0. The lowest BCUT2D eigenvalue weighted by molar-refractivity contribution is 0.225. The van der Waals surface area contributed by atoms with Gasteiger partial charge in [0.2, 0.25) is 0 Å². The van der Waals surface area contributed by atoms with Crippen molar-refractivity contribution in [3.8, 4) is 0 Å². The van der Waals surface area contributed by atoms with E-state index in [4.69, 9.17) is 0 Å². The van der Waals surface area contributed by atoms with Gasteiger partial charge in [0.25, 0.3) is 0 Å². The number of urea groups is 1. The number of pyridine rings is 1.